The fourth-order valence-electron chi connectivity index (χ4n) is 0.753. The van der Waals surface area contributed by atoms with Gasteiger partial charge in [0.1, 0.15) is 0 Å². The van der Waals surface area contributed by atoms with Crippen molar-refractivity contribution in [3.05, 3.63) is 32.6 Å². The molecule has 1 rings (SSSR count). The summed E-state index contributed by atoms with van der Waals surface area (Å²) in [5.74, 6) is 0. The number of nitrogens with one attached hydrogen (secondary N) is 2. The number of hydrogen-bond donors (Lipinski definition) is 2. The van der Waals surface area contributed by atoms with Crippen LogP contribution in [0, 0.1) is 0 Å². The Morgan fingerprint density at radius 2 is 2.18 bits per heavy atom. The molecule has 1 aromatic rings. The van der Waals surface area contributed by atoms with E-state index in [-0.39, 0.29) is 6.61 Å². The molecule has 0 atom stereocenters. The lowest BCUT2D eigenvalue weighted by Gasteiger charge is -1.95. The molecule has 0 saturated heterocycles. The lowest BCUT2D eigenvalue weighted by Crippen LogP contribution is -2.23. The van der Waals surface area contributed by atoms with E-state index in [4.69, 9.17) is 4.74 Å². The number of hydrogen-bond acceptors (Lipinski definition) is 3. The second kappa shape index (κ2) is 3.16. The molecular formula is C6H8N2O3. The van der Waals surface area contributed by atoms with Crippen molar-refractivity contribution in [3.63, 3.8) is 0 Å². The number of methoxy groups -OCH3 is 1. The Labute approximate surface area is 62.0 Å². The van der Waals surface area contributed by atoms with Crippen LogP contribution in [0.5, 0.6) is 0 Å². The first-order valence-corrected chi connectivity index (χ1v) is 3.04. The molecule has 0 amide bonds. The van der Waals surface area contributed by atoms with Gasteiger partial charge in [0.05, 0.1) is 12.3 Å². The molecule has 0 saturated carbocycles. The standard InChI is InChI=1S/C6H8N2O3/c1-11-3-4-2-5(9)8-6(10)7-4/h2H,3H2,1H3,(H2,7,8,9,10). The van der Waals surface area contributed by atoms with Gasteiger partial charge in [-0.3, -0.25) is 9.78 Å². The average molecular weight is 156 g/mol. The van der Waals surface area contributed by atoms with Gasteiger partial charge in [0, 0.05) is 13.2 Å². The van der Waals surface area contributed by atoms with Crippen LogP contribution in [-0.4, -0.2) is 17.1 Å². The number of aromatic amines is 2. The third-order valence-corrected chi connectivity index (χ3v) is 1.12. The Bertz CT molecular complexity index is 310. The smallest absolute Gasteiger partial charge is 0.325 e. The lowest BCUT2D eigenvalue weighted by atomic mass is 10.4. The Balaban J connectivity index is 3.09. The van der Waals surface area contributed by atoms with Crippen molar-refractivity contribution in [2.45, 2.75) is 6.61 Å². The van der Waals surface area contributed by atoms with E-state index >= 15 is 0 Å². The number of aromatic nitrogens is 2. The Morgan fingerprint density at radius 3 is 2.73 bits per heavy atom. The summed E-state index contributed by atoms with van der Waals surface area (Å²) in [6.45, 7) is 0.235. The van der Waals surface area contributed by atoms with Crippen LogP contribution in [0.1, 0.15) is 5.69 Å². The van der Waals surface area contributed by atoms with E-state index in [1.165, 1.54) is 13.2 Å². The molecule has 0 aliphatic carbocycles. The molecule has 5 heteroatoms. The van der Waals surface area contributed by atoms with E-state index in [1.807, 2.05) is 4.98 Å². The molecule has 0 fully saturated rings. The first kappa shape index (κ1) is 7.74. The predicted molar refractivity (Wildman–Crippen MR) is 38.4 cm³/mol. The lowest BCUT2D eigenvalue weighted by molar-refractivity contribution is 0.181. The minimum Gasteiger partial charge on any atom is -0.378 e. The third kappa shape index (κ3) is 2.05. The van der Waals surface area contributed by atoms with Gasteiger partial charge >= 0.3 is 5.69 Å². The maximum atomic E-state index is 10.7. The highest BCUT2D eigenvalue weighted by atomic mass is 16.5. The Morgan fingerprint density at radius 1 is 1.45 bits per heavy atom. The summed E-state index contributed by atoms with van der Waals surface area (Å²) in [6, 6.07) is 1.28. The van der Waals surface area contributed by atoms with Crippen molar-refractivity contribution < 1.29 is 4.74 Å². The van der Waals surface area contributed by atoms with E-state index in [1.54, 1.807) is 0 Å². The van der Waals surface area contributed by atoms with E-state index in [2.05, 4.69) is 4.98 Å². The van der Waals surface area contributed by atoms with Crippen LogP contribution in [0.15, 0.2) is 15.7 Å². The molecule has 0 aliphatic rings. The molecule has 0 aliphatic heterocycles. The van der Waals surface area contributed by atoms with Gasteiger partial charge in [-0.25, -0.2) is 4.79 Å². The number of rotatable bonds is 2. The van der Waals surface area contributed by atoms with Gasteiger partial charge in [-0.2, -0.15) is 0 Å². The van der Waals surface area contributed by atoms with Gasteiger partial charge in [-0.1, -0.05) is 0 Å². The monoisotopic (exact) mass is 156 g/mol. The van der Waals surface area contributed by atoms with E-state index in [9.17, 15) is 9.59 Å². The minimum absolute atomic E-state index is 0.235. The fraction of sp³-hybridized carbons (Fsp3) is 0.333. The SMILES string of the molecule is COCc1cc(=O)[nH]c(=O)[nH]1. The van der Waals surface area contributed by atoms with Gasteiger partial charge in [0.25, 0.3) is 5.56 Å². The highest BCUT2D eigenvalue weighted by Gasteiger charge is 1.93. The van der Waals surface area contributed by atoms with E-state index in [0.29, 0.717) is 5.69 Å². The Kier molecular flexibility index (Phi) is 2.22. The summed E-state index contributed by atoms with van der Waals surface area (Å²) in [5.41, 5.74) is -0.452. The predicted octanol–water partition coefficient (Wildman–Crippen LogP) is -0.790. The molecule has 0 bridgehead atoms. The summed E-state index contributed by atoms with van der Waals surface area (Å²) in [7, 11) is 1.49. The van der Waals surface area contributed by atoms with Crippen molar-refractivity contribution in [2.24, 2.45) is 0 Å². The minimum atomic E-state index is -0.510. The molecule has 5 nitrogen and oxygen atoms in total. The van der Waals surface area contributed by atoms with Crippen molar-refractivity contribution in [3.8, 4) is 0 Å². The zero-order valence-corrected chi connectivity index (χ0v) is 6.01. The van der Waals surface area contributed by atoms with Gasteiger partial charge in [-0.15, -0.1) is 0 Å². The van der Waals surface area contributed by atoms with Crippen LogP contribution in [0.3, 0.4) is 0 Å². The second-order valence-electron chi connectivity index (χ2n) is 2.05. The molecule has 0 spiro atoms. The molecule has 1 heterocycles. The van der Waals surface area contributed by atoms with Crippen LogP contribution < -0.4 is 11.2 Å². The molecular weight excluding hydrogens is 148 g/mol. The van der Waals surface area contributed by atoms with Gasteiger partial charge < -0.3 is 9.72 Å². The summed E-state index contributed by atoms with van der Waals surface area (Å²) in [4.78, 5) is 25.7. The summed E-state index contributed by atoms with van der Waals surface area (Å²) in [5, 5.41) is 0. The summed E-state index contributed by atoms with van der Waals surface area (Å²) < 4.78 is 4.71. The highest BCUT2D eigenvalue weighted by molar-refractivity contribution is 4.96. The maximum Gasteiger partial charge on any atom is 0.325 e. The van der Waals surface area contributed by atoms with Crippen LogP contribution >= 0.6 is 0 Å². The fourth-order valence-corrected chi connectivity index (χ4v) is 0.753. The van der Waals surface area contributed by atoms with Gasteiger partial charge in [-0.05, 0) is 0 Å². The largest absolute Gasteiger partial charge is 0.378 e. The molecule has 2 N–H and O–H groups in total. The zero-order valence-electron chi connectivity index (χ0n) is 6.01. The highest BCUT2D eigenvalue weighted by Crippen LogP contribution is 1.85. The molecule has 60 valence electrons. The van der Waals surface area contributed by atoms with E-state index < -0.39 is 11.2 Å². The first-order valence-electron chi connectivity index (χ1n) is 3.04. The van der Waals surface area contributed by atoms with Crippen LogP contribution in [-0.2, 0) is 11.3 Å². The number of H-pyrrole nitrogens is 2. The average Bonchev–Trinajstić information content (AvgIpc) is 1.85. The molecule has 11 heavy (non-hydrogen) atoms. The third-order valence-electron chi connectivity index (χ3n) is 1.12. The van der Waals surface area contributed by atoms with E-state index in [0.717, 1.165) is 0 Å². The number of ether oxygens (including phenoxy) is 1. The van der Waals surface area contributed by atoms with Crippen LogP contribution in [0.25, 0.3) is 0 Å². The van der Waals surface area contributed by atoms with Crippen LogP contribution in [0.2, 0.25) is 0 Å². The summed E-state index contributed by atoms with van der Waals surface area (Å²) in [6.07, 6.45) is 0. The molecule has 0 radical (unpaired) electrons. The maximum absolute atomic E-state index is 10.7. The topological polar surface area (TPSA) is 75.0 Å². The first-order chi connectivity index (χ1) is 5.22. The van der Waals surface area contributed by atoms with Gasteiger partial charge in [0.15, 0.2) is 0 Å². The molecule has 0 unspecified atom stereocenters. The van der Waals surface area contributed by atoms with Crippen molar-refractivity contribution in [2.75, 3.05) is 7.11 Å². The van der Waals surface area contributed by atoms with Gasteiger partial charge in [0.2, 0.25) is 0 Å². The summed E-state index contributed by atoms with van der Waals surface area (Å²) >= 11 is 0. The van der Waals surface area contributed by atoms with Crippen molar-refractivity contribution in [1.82, 2.24) is 9.97 Å². The second-order valence-corrected chi connectivity index (χ2v) is 2.05. The zero-order chi connectivity index (χ0) is 8.27. The van der Waals surface area contributed by atoms with Crippen molar-refractivity contribution in [1.29, 1.82) is 0 Å². The molecule has 1 aromatic heterocycles. The van der Waals surface area contributed by atoms with Crippen molar-refractivity contribution >= 4 is 0 Å². The quantitative estimate of drug-likeness (QED) is 0.589. The normalized spacial score (nSPS) is 9.91. The van der Waals surface area contributed by atoms with Crippen LogP contribution in [0.4, 0.5) is 0 Å². The Hall–Kier alpha value is -1.36. The molecule has 0 aromatic carbocycles.